The van der Waals surface area contributed by atoms with Gasteiger partial charge in [-0.2, -0.15) is 0 Å². The molecule has 2 heterocycles. The number of fused-ring (bicyclic) bond motifs is 2. The number of rotatable bonds is 5. The summed E-state index contributed by atoms with van der Waals surface area (Å²) < 4.78 is 0. The Hall–Kier alpha value is -4.13. The Kier molecular flexibility index (Phi) is 5.53. The Morgan fingerprint density at radius 1 is 1.00 bits per heavy atom. The zero-order valence-electron chi connectivity index (χ0n) is 18.5. The summed E-state index contributed by atoms with van der Waals surface area (Å²) in [6.45, 7) is 0. The van der Waals surface area contributed by atoms with Crippen LogP contribution in [0.2, 0.25) is 0 Å². The summed E-state index contributed by atoms with van der Waals surface area (Å²) in [6.07, 6.45) is 4.74. The number of aromatic amines is 1. The quantitative estimate of drug-likeness (QED) is 0.325. The first-order chi connectivity index (χ1) is 16.4. The maximum absolute atomic E-state index is 12.9. The number of phenols is 1. The first-order valence-electron chi connectivity index (χ1n) is 11.4. The molecule has 2 aromatic carbocycles. The molecular weight excluding hydrogens is 432 g/mol. The van der Waals surface area contributed by atoms with E-state index in [9.17, 15) is 24.6 Å². The van der Waals surface area contributed by atoms with E-state index < -0.39 is 5.97 Å². The van der Waals surface area contributed by atoms with E-state index in [1.807, 2.05) is 30.3 Å². The van der Waals surface area contributed by atoms with Crippen LogP contribution in [0.1, 0.15) is 58.6 Å². The lowest BCUT2D eigenvalue weighted by Gasteiger charge is -2.06. The zero-order valence-corrected chi connectivity index (χ0v) is 18.5. The topological polar surface area (TPSA) is 119 Å². The molecular formula is C27H24N2O5. The van der Waals surface area contributed by atoms with Crippen LogP contribution in [0, 0.1) is 0 Å². The van der Waals surface area contributed by atoms with Crippen LogP contribution >= 0.6 is 0 Å². The molecule has 5 rings (SSSR count). The Morgan fingerprint density at radius 2 is 1.74 bits per heavy atom. The molecule has 1 aliphatic carbocycles. The maximum atomic E-state index is 12.9. The number of anilines is 1. The van der Waals surface area contributed by atoms with Crippen LogP contribution in [0.5, 0.6) is 5.75 Å². The number of carboxylic acid groups (broad SMARTS) is 1. The number of benzene rings is 2. The van der Waals surface area contributed by atoms with Crippen molar-refractivity contribution >= 4 is 35.0 Å². The molecule has 4 N–H and O–H groups in total. The standard InChI is InChI=1S/C27H24N2O5/c30-17-8-5-15(6-9-17)16-7-10-18-20(27(34)29-22(18)13-16)14-23-19(11-12-25(32)33)26-21(28-23)3-1-2-4-24(26)31/h5-10,13-14,28,30H,1-4,11-12H2,(H,29,34)(H,32,33). The number of hydrogen-bond acceptors (Lipinski definition) is 4. The Balaban J connectivity index is 1.56. The fourth-order valence-electron chi connectivity index (χ4n) is 4.78. The van der Waals surface area contributed by atoms with E-state index in [-0.39, 0.29) is 30.3 Å². The number of H-pyrrole nitrogens is 1. The van der Waals surface area contributed by atoms with E-state index >= 15 is 0 Å². The van der Waals surface area contributed by atoms with Gasteiger partial charge >= 0.3 is 5.97 Å². The molecule has 1 amide bonds. The first kappa shape index (κ1) is 21.7. The minimum atomic E-state index is -0.930. The molecule has 0 atom stereocenters. The molecule has 0 saturated heterocycles. The monoisotopic (exact) mass is 456 g/mol. The summed E-state index contributed by atoms with van der Waals surface area (Å²) in [6, 6.07) is 12.5. The number of ketones is 1. The number of Topliss-reactive ketones (excluding diaryl/α,β-unsaturated/α-hetero) is 1. The normalized spacial score (nSPS) is 16.2. The molecule has 7 heteroatoms. The highest BCUT2D eigenvalue weighted by Crippen LogP contribution is 2.38. The Labute approximate surface area is 196 Å². The third-order valence-electron chi connectivity index (χ3n) is 6.45. The van der Waals surface area contributed by atoms with Crippen LogP contribution in [0.3, 0.4) is 0 Å². The summed E-state index contributed by atoms with van der Waals surface area (Å²) in [7, 11) is 0. The predicted molar refractivity (Wildman–Crippen MR) is 129 cm³/mol. The van der Waals surface area contributed by atoms with E-state index in [1.54, 1.807) is 18.2 Å². The van der Waals surface area contributed by atoms with E-state index in [2.05, 4.69) is 10.3 Å². The van der Waals surface area contributed by atoms with Crippen molar-refractivity contribution in [2.45, 2.75) is 38.5 Å². The second-order valence-electron chi connectivity index (χ2n) is 8.71. The van der Waals surface area contributed by atoms with Gasteiger partial charge in [0.25, 0.3) is 5.91 Å². The molecule has 2 aliphatic rings. The largest absolute Gasteiger partial charge is 0.508 e. The summed E-state index contributed by atoms with van der Waals surface area (Å²) in [4.78, 5) is 40.3. The smallest absolute Gasteiger partial charge is 0.303 e. The van der Waals surface area contributed by atoms with Gasteiger partial charge in [-0.3, -0.25) is 14.4 Å². The average molecular weight is 456 g/mol. The van der Waals surface area contributed by atoms with Gasteiger partial charge < -0.3 is 20.5 Å². The first-order valence-corrected chi connectivity index (χ1v) is 11.4. The van der Waals surface area contributed by atoms with Crippen molar-refractivity contribution in [3.05, 3.63) is 70.5 Å². The van der Waals surface area contributed by atoms with Crippen LogP contribution in [-0.2, 0) is 22.4 Å². The van der Waals surface area contributed by atoms with Gasteiger partial charge in [0.2, 0.25) is 0 Å². The van der Waals surface area contributed by atoms with E-state index in [0.717, 1.165) is 41.6 Å². The van der Waals surface area contributed by atoms with Gasteiger partial charge in [-0.15, -0.1) is 0 Å². The molecule has 34 heavy (non-hydrogen) atoms. The van der Waals surface area contributed by atoms with Gasteiger partial charge in [0.15, 0.2) is 5.78 Å². The van der Waals surface area contributed by atoms with Crippen molar-refractivity contribution in [2.24, 2.45) is 0 Å². The zero-order chi connectivity index (χ0) is 23.8. The fraction of sp³-hybridized carbons (Fsp3) is 0.222. The molecule has 1 aromatic heterocycles. The summed E-state index contributed by atoms with van der Waals surface area (Å²) >= 11 is 0. The number of aromatic hydroxyl groups is 1. The summed E-state index contributed by atoms with van der Waals surface area (Å²) in [5, 5.41) is 21.7. The van der Waals surface area contributed by atoms with Gasteiger partial charge in [0, 0.05) is 41.0 Å². The highest BCUT2D eigenvalue weighted by molar-refractivity contribution is 6.35. The molecule has 1 aliphatic heterocycles. The number of aromatic nitrogens is 1. The van der Waals surface area contributed by atoms with Gasteiger partial charge in [-0.25, -0.2) is 0 Å². The van der Waals surface area contributed by atoms with Gasteiger partial charge in [0.1, 0.15) is 5.75 Å². The molecule has 0 unspecified atom stereocenters. The van der Waals surface area contributed by atoms with Crippen molar-refractivity contribution in [2.75, 3.05) is 5.32 Å². The Bertz CT molecular complexity index is 1350. The second-order valence-corrected chi connectivity index (χ2v) is 8.71. The molecule has 0 spiro atoms. The molecule has 0 radical (unpaired) electrons. The Morgan fingerprint density at radius 3 is 2.50 bits per heavy atom. The number of carbonyl (C=O) groups excluding carboxylic acids is 2. The number of carboxylic acids is 1. The van der Waals surface area contributed by atoms with Crippen molar-refractivity contribution in [3.63, 3.8) is 0 Å². The van der Waals surface area contributed by atoms with Crippen molar-refractivity contribution in [1.82, 2.24) is 4.98 Å². The van der Waals surface area contributed by atoms with Crippen molar-refractivity contribution < 1.29 is 24.6 Å². The number of hydrogen-bond donors (Lipinski definition) is 4. The van der Waals surface area contributed by atoms with Crippen molar-refractivity contribution in [1.29, 1.82) is 0 Å². The number of aliphatic carboxylic acids is 1. The third-order valence-corrected chi connectivity index (χ3v) is 6.45. The van der Waals surface area contributed by atoms with Gasteiger partial charge in [-0.05, 0) is 66.6 Å². The summed E-state index contributed by atoms with van der Waals surface area (Å²) in [5.41, 5.74) is 6.44. The SMILES string of the molecule is O=C(O)CCc1c(C=C2C(=O)Nc3cc(-c4ccc(O)cc4)ccc32)[nH]c2c1C(=O)CCCC2. The molecule has 0 bridgehead atoms. The lowest BCUT2D eigenvalue weighted by Crippen LogP contribution is -2.06. The van der Waals surface area contributed by atoms with Gasteiger partial charge in [-0.1, -0.05) is 24.3 Å². The lowest BCUT2D eigenvalue weighted by atomic mass is 9.96. The van der Waals surface area contributed by atoms with E-state index in [0.29, 0.717) is 34.5 Å². The number of carbonyl (C=O) groups is 3. The second kappa shape index (κ2) is 8.67. The molecule has 0 fully saturated rings. The predicted octanol–water partition coefficient (Wildman–Crippen LogP) is 4.81. The molecule has 0 saturated carbocycles. The van der Waals surface area contributed by atoms with Crippen LogP contribution in [0.15, 0.2) is 42.5 Å². The third kappa shape index (κ3) is 4.01. The number of aryl methyl sites for hydroxylation is 1. The number of amides is 1. The minimum Gasteiger partial charge on any atom is -0.508 e. The fourth-order valence-corrected chi connectivity index (χ4v) is 4.78. The van der Waals surface area contributed by atoms with Crippen LogP contribution < -0.4 is 5.32 Å². The highest BCUT2D eigenvalue weighted by atomic mass is 16.4. The van der Waals surface area contributed by atoms with Crippen LogP contribution in [0.4, 0.5) is 5.69 Å². The maximum Gasteiger partial charge on any atom is 0.303 e. The summed E-state index contributed by atoms with van der Waals surface area (Å²) in [5.74, 6) is -0.966. The molecule has 172 valence electrons. The van der Waals surface area contributed by atoms with Crippen molar-refractivity contribution in [3.8, 4) is 16.9 Å². The molecule has 7 nitrogen and oxygen atoms in total. The lowest BCUT2D eigenvalue weighted by molar-refractivity contribution is -0.137. The number of nitrogens with one attached hydrogen (secondary N) is 2. The minimum absolute atomic E-state index is 0.0311. The van der Waals surface area contributed by atoms with Crippen LogP contribution in [-0.4, -0.2) is 32.9 Å². The van der Waals surface area contributed by atoms with Gasteiger partial charge in [0.05, 0.1) is 5.57 Å². The van der Waals surface area contributed by atoms with E-state index in [1.165, 1.54) is 0 Å². The average Bonchev–Trinajstić information content (AvgIpc) is 3.25. The molecule has 3 aromatic rings. The number of phenolic OH excluding ortho intramolecular Hbond substituents is 1. The highest BCUT2D eigenvalue weighted by Gasteiger charge is 2.28. The van der Waals surface area contributed by atoms with E-state index in [4.69, 9.17) is 0 Å². The van der Waals surface area contributed by atoms with Crippen LogP contribution in [0.25, 0.3) is 22.8 Å².